The third kappa shape index (κ3) is 3.99. The molecule has 0 radical (unpaired) electrons. The average molecular weight is 358 g/mol. The molecule has 0 saturated carbocycles. The molecule has 6 nitrogen and oxygen atoms in total. The Balaban J connectivity index is 1.91. The highest BCUT2D eigenvalue weighted by Gasteiger charge is 2.26. The molecule has 1 aromatic carbocycles. The Morgan fingerprint density at radius 1 is 1.23 bits per heavy atom. The normalized spacial score (nSPS) is 15.0. The monoisotopic (exact) mass is 358 g/mol. The summed E-state index contributed by atoms with van der Waals surface area (Å²) in [5.41, 5.74) is 0.285. The fraction of sp³-hybridized carbons (Fsp3) is 0.421. The van der Waals surface area contributed by atoms with Crippen molar-refractivity contribution in [2.75, 3.05) is 19.6 Å². The molecular weight excluding hydrogens is 335 g/mol. The molecule has 0 spiro atoms. The molecule has 2 aromatic rings. The van der Waals surface area contributed by atoms with Crippen molar-refractivity contribution >= 4 is 5.91 Å². The summed E-state index contributed by atoms with van der Waals surface area (Å²) in [6.07, 6.45) is 2.67. The second-order valence-corrected chi connectivity index (χ2v) is 6.42. The van der Waals surface area contributed by atoms with Crippen LogP contribution in [0.1, 0.15) is 36.7 Å². The van der Waals surface area contributed by atoms with Crippen molar-refractivity contribution in [1.29, 1.82) is 0 Å². The molecule has 2 heterocycles. The summed E-state index contributed by atoms with van der Waals surface area (Å²) in [4.78, 5) is 27.1. The summed E-state index contributed by atoms with van der Waals surface area (Å²) in [6.45, 7) is 4.47. The minimum Gasteiger partial charge on any atom is -0.334 e. The highest BCUT2D eigenvalue weighted by atomic mass is 19.1. The second kappa shape index (κ2) is 8.23. The zero-order valence-electron chi connectivity index (χ0n) is 14.8. The van der Waals surface area contributed by atoms with E-state index in [9.17, 15) is 14.0 Å². The van der Waals surface area contributed by atoms with E-state index < -0.39 is 5.82 Å². The summed E-state index contributed by atoms with van der Waals surface area (Å²) in [6, 6.07) is 8.43. The Morgan fingerprint density at radius 2 is 1.92 bits per heavy atom. The number of benzene rings is 1. The van der Waals surface area contributed by atoms with Crippen molar-refractivity contribution in [3.8, 4) is 5.69 Å². The maximum atomic E-state index is 13.1. The van der Waals surface area contributed by atoms with Crippen molar-refractivity contribution in [3.63, 3.8) is 0 Å². The van der Waals surface area contributed by atoms with Gasteiger partial charge in [0.2, 0.25) is 0 Å². The van der Waals surface area contributed by atoms with Crippen molar-refractivity contribution in [2.24, 2.45) is 0 Å². The lowest BCUT2D eigenvalue weighted by molar-refractivity contribution is 0.0634. The van der Waals surface area contributed by atoms with Crippen molar-refractivity contribution < 1.29 is 9.18 Å². The van der Waals surface area contributed by atoms with Gasteiger partial charge in [-0.1, -0.05) is 6.92 Å². The van der Waals surface area contributed by atoms with Crippen molar-refractivity contribution in [2.45, 2.75) is 32.2 Å². The Morgan fingerprint density at radius 3 is 2.58 bits per heavy atom. The fourth-order valence-corrected chi connectivity index (χ4v) is 3.25. The summed E-state index contributed by atoms with van der Waals surface area (Å²) in [5, 5.41) is 7.55. The largest absolute Gasteiger partial charge is 0.334 e. The van der Waals surface area contributed by atoms with Crippen LogP contribution in [0.3, 0.4) is 0 Å². The van der Waals surface area contributed by atoms with E-state index in [1.165, 1.54) is 36.4 Å². The SMILES string of the molecule is CCCN(C(=O)c1ccc(=O)n(-c2ccc(F)cc2)n1)C1CCNCC1. The van der Waals surface area contributed by atoms with Crippen LogP contribution in [-0.2, 0) is 0 Å². The number of piperidine rings is 1. The number of halogens is 1. The summed E-state index contributed by atoms with van der Waals surface area (Å²) < 4.78 is 14.3. The Labute approximate surface area is 151 Å². The van der Waals surface area contributed by atoms with Crippen molar-refractivity contribution in [1.82, 2.24) is 20.0 Å². The molecule has 3 rings (SSSR count). The van der Waals surface area contributed by atoms with Gasteiger partial charge < -0.3 is 10.2 Å². The number of hydrogen-bond donors (Lipinski definition) is 1. The molecule has 0 aliphatic carbocycles. The minimum absolute atomic E-state index is 0.172. The fourth-order valence-electron chi connectivity index (χ4n) is 3.25. The van der Waals surface area contributed by atoms with Gasteiger partial charge in [-0.2, -0.15) is 9.78 Å². The standard InChI is InChI=1S/C19H23FN4O2/c1-2-13-23(15-9-11-21-12-10-15)19(26)17-7-8-18(25)24(22-17)16-5-3-14(20)4-6-16/h3-8,15,21H,2,9-13H2,1H3. The van der Waals surface area contributed by atoms with Gasteiger partial charge >= 0.3 is 0 Å². The van der Waals surface area contributed by atoms with E-state index in [2.05, 4.69) is 10.4 Å². The molecule has 1 aromatic heterocycles. The quantitative estimate of drug-likeness (QED) is 0.887. The van der Waals surface area contributed by atoms with E-state index in [-0.39, 0.29) is 23.2 Å². The first-order chi connectivity index (χ1) is 12.6. The molecule has 0 atom stereocenters. The average Bonchev–Trinajstić information content (AvgIpc) is 2.67. The minimum atomic E-state index is -0.394. The van der Waals surface area contributed by atoms with Gasteiger partial charge in [-0.15, -0.1) is 0 Å². The molecular formula is C19H23FN4O2. The first kappa shape index (κ1) is 18.3. The second-order valence-electron chi connectivity index (χ2n) is 6.42. The van der Waals surface area contributed by atoms with Crippen LogP contribution in [0.2, 0.25) is 0 Å². The lowest BCUT2D eigenvalue weighted by Crippen LogP contribution is -2.47. The van der Waals surface area contributed by atoms with E-state index in [0.29, 0.717) is 12.2 Å². The Bertz CT molecular complexity index is 813. The maximum absolute atomic E-state index is 13.1. The number of carbonyl (C=O) groups excluding carboxylic acids is 1. The first-order valence-corrected chi connectivity index (χ1v) is 8.98. The van der Waals surface area contributed by atoms with Gasteiger partial charge in [0.05, 0.1) is 5.69 Å². The smallest absolute Gasteiger partial charge is 0.274 e. The molecule has 0 unspecified atom stereocenters. The van der Waals surface area contributed by atoms with Crippen LogP contribution in [0.15, 0.2) is 41.2 Å². The third-order valence-corrected chi connectivity index (χ3v) is 4.57. The number of amides is 1. The van der Waals surface area contributed by atoms with E-state index in [0.717, 1.165) is 37.0 Å². The van der Waals surface area contributed by atoms with E-state index in [1.54, 1.807) is 0 Å². The van der Waals surface area contributed by atoms with Gasteiger partial charge in [0.1, 0.15) is 11.5 Å². The van der Waals surface area contributed by atoms with Crippen LogP contribution in [-0.4, -0.2) is 46.3 Å². The summed E-state index contributed by atoms with van der Waals surface area (Å²) in [7, 11) is 0. The van der Waals surface area contributed by atoms with Gasteiger partial charge in [-0.25, -0.2) is 4.39 Å². The molecule has 1 aliphatic heterocycles. The zero-order valence-corrected chi connectivity index (χ0v) is 14.8. The van der Waals surface area contributed by atoms with Gasteiger partial charge in [0.15, 0.2) is 0 Å². The van der Waals surface area contributed by atoms with E-state index >= 15 is 0 Å². The zero-order chi connectivity index (χ0) is 18.5. The lowest BCUT2D eigenvalue weighted by Gasteiger charge is -2.34. The van der Waals surface area contributed by atoms with E-state index in [1.807, 2.05) is 11.8 Å². The predicted octanol–water partition coefficient (Wildman–Crippen LogP) is 1.98. The van der Waals surface area contributed by atoms with Gasteiger partial charge in [0, 0.05) is 18.7 Å². The van der Waals surface area contributed by atoms with Crippen LogP contribution in [0.25, 0.3) is 5.69 Å². The van der Waals surface area contributed by atoms with Crippen molar-refractivity contribution in [3.05, 3.63) is 58.3 Å². The molecule has 26 heavy (non-hydrogen) atoms. The number of carbonyl (C=O) groups is 1. The number of nitrogens with one attached hydrogen (secondary N) is 1. The summed E-state index contributed by atoms with van der Waals surface area (Å²) >= 11 is 0. The molecule has 7 heteroatoms. The molecule has 1 saturated heterocycles. The number of rotatable bonds is 5. The molecule has 1 aliphatic rings. The number of hydrogen-bond acceptors (Lipinski definition) is 4. The Kier molecular flexibility index (Phi) is 5.78. The highest BCUT2D eigenvalue weighted by molar-refractivity contribution is 5.92. The van der Waals surface area contributed by atoms with Gasteiger partial charge in [-0.05, 0) is 62.7 Å². The first-order valence-electron chi connectivity index (χ1n) is 8.98. The predicted molar refractivity (Wildman–Crippen MR) is 97.0 cm³/mol. The van der Waals surface area contributed by atoms with Gasteiger partial charge in [0.25, 0.3) is 11.5 Å². The number of nitrogens with zero attached hydrogens (tertiary/aromatic N) is 3. The lowest BCUT2D eigenvalue weighted by atomic mass is 10.0. The van der Waals surface area contributed by atoms with Crippen LogP contribution < -0.4 is 10.9 Å². The summed E-state index contributed by atoms with van der Waals surface area (Å²) in [5.74, 6) is -0.566. The van der Waals surface area contributed by atoms with E-state index in [4.69, 9.17) is 0 Å². The Hall–Kier alpha value is -2.54. The molecule has 0 bridgehead atoms. The molecule has 1 fully saturated rings. The topological polar surface area (TPSA) is 67.2 Å². The van der Waals surface area contributed by atoms with Gasteiger partial charge in [-0.3, -0.25) is 9.59 Å². The molecule has 138 valence electrons. The molecule has 1 amide bonds. The number of aromatic nitrogens is 2. The van der Waals surface area contributed by atoms with Crippen LogP contribution in [0.5, 0.6) is 0 Å². The molecule has 1 N–H and O–H groups in total. The van der Waals surface area contributed by atoms with Crippen LogP contribution >= 0.6 is 0 Å². The maximum Gasteiger partial charge on any atom is 0.274 e. The third-order valence-electron chi connectivity index (χ3n) is 4.57. The van der Waals surface area contributed by atoms with Crippen LogP contribution in [0, 0.1) is 5.82 Å². The van der Waals surface area contributed by atoms with Crippen LogP contribution in [0.4, 0.5) is 4.39 Å². The highest BCUT2D eigenvalue weighted by Crippen LogP contribution is 2.15.